The van der Waals surface area contributed by atoms with E-state index in [2.05, 4.69) is 15.3 Å². The number of benzene rings is 2. The van der Waals surface area contributed by atoms with E-state index in [1.165, 1.54) is 0 Å². The standard InChI is InChI=1S/C17H14N4O2/c1-10-19-13-8-4-2-6-11(13)15(20-10)17(23)21-14-9-5-3-7-12(14)16(18)22/h2-9H,1H3,(H2,18,22)(H,21,23). The Kier molecular flexibility index (Phi) is 3.72. The highest BCUT2D eigenvalue weighted by molar-refractivity contribution is 6.13. The molecular weight excluding hydrogens is 292 g/mol. The third-order valence-electron chi connectivity index (χ3n) is 3.37. The Morgan fingerprint density at radius 1 is 1.00 bits per heavy atom. The molecule has 0 atom stereocenters. The van der Waals surface area contributed by atoms with Crippen molar-refractivity contribution in [1.29, 1.82) is 0 Å². The number of nitrogens with one attached hydrogen (secondary N) is 1. The second-order valence-corrected chi connectivity index (χ2v) is 5.00. The smallest absolute Gasteiger partial charge is 0.275 e. The summed E-state index contributed by atoms with van der Waals surface area (Å²) in [5, 5.41) is 3.34. The molecule has 1 heterocycles. The lowest BCUT2D eigenvalue weighted by molar-refractivity contribution is 0.100. The van der Waals surface area contributed by atoms with E-state index in [1.807, 2.05) is 18.2 Å². The van der Waals surface area contributed by atoms with Gasteiger partial charge in [0.15, 0.2) is 0 Å². The van der Waals surface area contributed by atoms with Gasteiger partial charge >= 0.3 is 0 Å². The number of nitrogens with two attached hydrogens (primary N) is 1. The molecule has 0 saturated heterocycles. The highest BCUT2D eigenvalue weighted by Crippen LogP contribution is 2.19. The van der Waals surface area contributed by atoms with Gasteiger partial charge in [-0.05, 0) is 25.1 Å². The van der Waals surface area contributed by atoms with Crippen LogP contribution in [0.3, 0.4) is 0 Å². The van der Waals surface area contributed by atoms with Crippen molar-refractivity contribution >= 4 is 28.4 Å². The number of aryl methyl sites for hydroxylation is 1. The van der Waals surface area contributed by atoms with Crippen LogP contribution in [0, 0.1) is 6.92 Å². The molecule has 3 rings (SSSR count). The van der Waals surface area contributed by atoms with Gasteiger partial charge < -0.3 is 11.1 Å². The number of para-hydroxylation sites is 2. The molecule has 0 bridgehead atoms. The van der Waals surface area contributed by atoms with Gasteiger partial charge in [0, 0.05) is 5.39 Å². The largest absolute Gasteiger partial charge is 0.366 e. The van der Waals surface area contributed by atoms with Gasteiger partial charge in [0.05, 0.1) is 16.8 Å². The SMILES string of the molecule is Cc1nc(C(=O)Nc2ccccc2C(N)=O)c2ccccc2n1. The molecule has 23 heavy (non-hydrogen) atoms. The van der Waals surface area contributed by atoms with Crippen LogP contribution in [-0.4, -0.2) is 21.8 Å². The first-order chi connectivity index (χ1) is 11.1. The van der Waals surface area contributed by atoms with Gasteiger partial charge in [-0.25, -0.2) is 9.97 Å². The maximum Gasteiger partial charge on any atom is 0.275 e. The predicted molar refractivity (Wildman–Crippen MR) is 87.2 cm³/mol. The summed E-state index contributed by atoms with van der Waals surface area (Å²) in [6.07, 6.45) is 0. The number of hydrogen-bond acceptors (Lipinski definition) is 4. The Hall–Kier alpha value is -3.28. The van der Waals surface area contributed by atoms with Crippen molar-refractivity contribution in [2.75, 3.05) is 5.32 Å². The molecule has 0 aliphatic rings. The number of fused-ring (bicyclic) bond motifs is 1. The number of carbonyl (C=O) groups is 2. The van der Waals surface area contributed by atoms with Crippen LogP contribution in [0.1, 0.15) is 26.7 Å². The summed E-state index contributed by atoms with van der Waals surface area (Å²) < 4.78 is 0. The normalized spacial score (nSPS) is 10.5. The molecule has 2 aromatic carbocycles. The van der Waals surface area contributed by atoms with Crippen molar-refractivity contribution in [1.82, 2.24) is 9.97 Å². The molecule has 0 unspecified atom stereocenters. The van der Waals surface area contributed by atoms with Gasteiger partial charge in [0.1, 0.15) is 11.5 Å². The number of primary amides is 1. The minimum absolute atomic E-state index is 0.246. The first kappa shape index (κ1) is 14.6. The van der Waals surface area contributed by atoms with Crippen LogP contribution in [0.5, 0.6) is 0 Å². The molecule has 0 spiro atoms. The summed E-state index contributed by atoms with van der Waals surface area (Å²) in [4.78, 5) is 32.6. The first-order valence-corrected chi connectivity index (χ1v) is 7.00. The van der Waals surface area contributed by atoms with Crippen molar-refractivity contribution in [2.24, 2.45) is 5.73 Å². The number of nitrogens with zero attached hydrogens (tertiary/aromatic N) is 2. The fourth-order valence-corrected chi connectivity index (χ4v) is 2.35. The zero-order valence-electron chi connectivity index (χ0n) is 12.4. The third-order valence-corrected chi connectivity index (χ3v) is 3.37. The first-order valence-electron chi connectivity index (χ1n) is 7.00. The van der Waals surface area contributed by atoms with Gasteiger partial charge in [0.2, 0.25) is 0 Å². The van der Waals surface area contributed by atoms with Gasteiger partial charge in [-0.15, -0.1) is 0 Å². The van der Waals surface area contributed by atoms with E-state index in [9.17, 15) is 9.59 Å². The van der Waals surface area contributed by atoms with Crippen LogP contribution in [0.25, 0.3) is 10.9 Å². The summed E-state index contributed by atoms with van der Waals surface area (Å²) in [5.41, 5.74) is 6.87. The third kappa shape index (κ3) is 2.87. The molecule has 0 radical (unpaired) electrons. The lowest BCUT2D eigenvalue weighted by Gasteiger charge is -2.10. The number of aromatic nitrogens is 2. The molecule has 6 nitrogen and oxygen atoms in total. The predicted octanol–water partition coefficient (Wildman–Crippen LogP) is 2.29. The molecule has 6 heteroatoms. The van der Waals surface area contributed by atoms with Gasteiger partial charge in [-0.2, -0.15) is 0 Å². The van der Waals surface area contributed by atoms with Gasteiger partial charge in [-0.3, -0.25) is 9.59 Å². The molecule has 0 saturated carbocycles. The second-order valence-electron chi connectivity index (χ2n) is 5.00. The van der Waals surface area contributed by atoms with E-state index in [1.54, 1.807) is 37.3 Å². The lowest BCUT2D eigenvalue weighted by Crippen LogP contribution is -2.19. The molecule has 3 aromatic rings. The monoisotopic (exact) mass is 306 g/mol. The summed E-state index contributed by atoms with van der Waals surface area (Å²) in [5.74, 6) is -0.526. The molecule has 0 aliphatic carbocycles. The quantitative estimate of drug-likeness (QED) is 0.775. The Labute approximate surface area is 132 Å². The molecule has 2 amide bonds. The van der Waals surface area contributed by atoms with E-state index in [-0.39, 0.29) is 11.3 Å². The highest BCUT2D eigenvalue weighted by Gasteiger charge is 2.16. The number of hydrogen-bond donors (Lipinski definition) is 2. The van der Waals surface area contributed by atoms with E-state index in [0.29, 0.717) is 22.4 Å². The van der Waals surface area contributed by atoms with Crippen LogP contribution in [0.15, 0.2) is 48.5 Å². The van der Waals surface area contributed by atoms with E-state index < -0.39 is 11.8 Å². The molecule has 0 fully saturated rings. The van der Waals surface area contributed by atoms with Crippen LogP contribution >= 0.6 is 0 Å². The number of rotatable bonds is 3. The maximum atomic E-state index is 12.6. The van der Waals surface area contributed by atoms with Crippen molar-refractivity contribution in [3.8, 4) is 0 Å². The molecule has 0 aliphatic heterocycles. The number of carbonyl (C=O) groups excluding carboxylic acids is 2. The molecular formula is C17H14N4O2. The van der Waals surface area contributed by atoms with Crippen LogP contribution in [0.2, 0.25) is 0 Å². The van der Waals surface area contributed by atoms with E-state index >= 15 is 0 Å². The molecule has 3 N–H and O–H groups in total. The fourth-order valence-electron chi connectivity index (χ4n) is 2.35. The average Bonchev–Trinajstić information content (AvgIpc) is 2.54. The maximum absolute atomic E-state index is 12.6. The second kappa shape index (κ2) is 5.84. The van der Waals surface area contributed by atoms with Crippen LogP contribution in [0.4, 0.5) is 5.69 Å². The zero-order valence-corrected chi connectivity index (χ0v) is 12.4. The fraction of sp³-hybridized carbons (Fsp3) is 0.0588. The summed E-state index contributed by atoms with van der Waals surface area (Å²) in [6, 6.07) is 13.8. The topological polar surface area (TPSA) is 98.0 Å². The summed E-state index contributed by atoms with van der Waals surface area (Å²) in [7, 11) is 0. The van der Waals surface area contributed by atoms with Crippen LogP contribution < -0.4 is 11.1 Å². The Morgan fingerprint density at radius 3 is 2.48 bits per heavy atom. The van der Waals surface area contributed by atoms with Gasteiger partial charge in [0.25, 0.3) is 11.8 Å². The zero-order chi connectivity index (χ0) is 16.4. The minimum Gasteiger partial charge on any atom is -0.366 e. The number of amides is 2. The van der Waals surface area contributed by atoms with Gasteiger partial charge in [-0.1, -0.05) is 30.3 Å². The number of anilines is 1. The summed E-state index contributed by atoms with van der Waals surface area (Å²) >= 11 is 0. The van der Waals surface area contributed by atoms with Crippen LogP contribution in [-0.2, 0) is 0 Å². The highest BCUT2D eigenvalue weighted by atomic mass is 16.2. The Balaban J connectivity index is 2.04. The Bertz CT molecular complexity index is 921. The minimum atomic E-state index is -0.607. The average molecular weight is 306 g/mol. The molecule has 1 aromatic heterocycles. The van der Waals surface area contributed by atoms with Crippen molar-refractivity contribution in [2.45, 2.75) is 6.92 Å². The lowest BCUT2D eigenvalue weighted by atomic mass is 10.1. The van der Waals surface area contributed by atoms with Crippen molar-refractivity contribution in [3.05, 3.63) is 65.6 Å². The molecule has 114 valence electrons. The van der Waals surface area contributed by atoms with E-state index in [0.717, 1.165) is 0 Å². The van der Waals surface area contributed by atoms with Crippen molar-refractivity contribution < 1.29 is 9.59 Å². The Morgan fingerprint density at radius 2 is 1.70 bits per heavy atom. The van der Waals surface area contributed by atoms with E-state index in [4.69, 9.17) is 5.73 Å². The van der Waals surface area contributed by atoms with Crippen molar-refractivity contribution in [3.63, 3.8) is 0 Å². The summed E-state index contributed by atoms with van der Waals surface area (Å²) in [6.45, 7) is 1.72.